The molecular weight excluding hydrogens is 679 g/mol. The Morgan fingerprint density at radius 1 is 0.321 bits per heavy atom. The molecule has 3 nitrogen and oxygen atoms in total. The average Bonchev–Trinajstić information content (AvgIpc) is 3.68. The molecule has 0 radical (unpaired) electrons. The molecule has 0 atom stereocenters. The van der Waals surface area contributed by atoms with E-state index in [1.54, 1.807) is 0 Å². The smallest absolute Gasteiger partial charge is 0.164 e. The first-order valence-corrected chi connectivity index (χ1v) is 19.4. The third-order valence-electron chi connectivity index (χ3n) is 12.2. The number of aromatic nitrogens is 3. The second-order valence-corrected chi connectivity index (χ2v) is 15.6. The van der Waals surface area contributed by atoms with Gasteiger partial charge in [0.25, 0.3) is 0 Å². The van der Waals surface area contributed by atoms with Gasteiger partial charge in [-0.1, -0.05) is 178 Å². The highest BCUT2D eigenvalue weighted by molar-refractivity contribution is 5.97. The zero-order valence-electron chi connectivity index (χ0n) is 31.2. The summed E-state index contributed by atoms with van der Waals surface area (Å²) >= 11 is 0. The molecule has 0 saturated carbocycles. The Morgan fingerprint density at radius 3 is 1.50 bits per heavy atom. The maximum atomic E-state index is 5.28. The maximum Gasteiger partial charge on any atom is 0.164 e. The maximum absolute atomic E-state index is 5.28. The van der Waals surface area contributed by atoms with Crippen LogP contribution in [0.15, 0.2) is 188 Å². The van der Waals surface area contributed by atoms with Crippen LogP contribution in [0.2, 0.25) is 0 Å². The summed E-state index contributed by atoms with van der Waals surface area (Å²) in [5.41, 5.74) is 14.9. The molecule has 9 aromatic rings. The SMILES string of the molecule is CC1(C)c2ccccc2-c2ccc(-c3nc(-c4ccccc4)nc(-c4ccc5c(c4)-c4cc6ccccc6cc4C5(c4ccccc4)c4ccccc4)n3)cc21. The standard InChI is InChI=1S/C53H37N3/c1-52(2)45-25-15-14-24-41(45)42-28-26-38(33-47(42)52)51-55-49(34-16-6-3-7-17-34)54-50(56-51)37-27-29-46-43(31-37)44-30-35-18-12-13-19-36(35)32-48(44)53(46,39-20-8-4-9-21-39)40-22-10-5-11-23-40/h3-33H,1-2H3. The summed E-state index contributed by atoms with van der Waals surface area (Å²) in [7, 11) is 0. The summed E-state index contributed by atoms with van der Waals surface area (Å²) in [4.78, 5) is 15.6. The lowest BCUT2D eigenvalue weighted by Gasteiger charge is -2.34. The Morgan fingerprint density at radius 2 is 0.821 bits per heavy atom. The lowest BCUT2D eigenvalue weighted by molar-refractivity contribution is 0.660. The number of rotatable bonds is 5. The summed E-state index contributed by atoms with van der Waals surface area (Å²) < 4.78 is 0. The van der Waals surface area contributed by atoms with Crippen molar-refractivity contribution in [2.45, 2.75) is 24.7 Å². The number of fused-ring (bicyclic) bond motifs is 7. The number of benzene rings is 8. The van der Waals surface area contributed by atoms with Crippen molar-refractivity contribution in [1.29, 1.82) is 0 Å². The zero-order valence-corrected chi connectivity index (χ0v) is 31.2. The molecule has 2 aliphatic rings. The normalized spacial score (nSPS) is 14.2. The van der Waals surface area contributed by atoms with Crippen molar-refractivity contribution in [2.75, 3.05) is 0 Å². The molecule has 0 unspecified atom stereocenters. The lowest BCUT2D eigenvalue weighted by Crippen LogP contribution is -2.28. The van der Waals surface area contributed by atoms with Gasteiger partial charge in [-0.3, -0.25) is 0 Å². The van der Waals surface area contributed by atoms with Gasteiger partial charge in [-0.15, -0.1) is 0 Å². The van der Waals surface area contributed by atoms with Crippen LogP contribution in [-0.4, -0.2) is 15.0 Å². The molecule has 0 aliphatic heterocycles. The first-order valence-electron chi connectivity index (χ1n) is 19.4. The van der Waals surface area contributed by atoms with Crippen molar-refractivity contribution >= 4 is 10.8 Å². The quantitative estimate of drug-likeness (QED) is 0.178. The van der Waals surface area contributed by atoms with E-state index in [0.29, 0.717) is 17.5 Å². The molecule has 1 aromatic heterocycles. The molecule has 0 spiro atoms. The van der Waals surface area contributed by atoms with E-state index in [4.69, 9.17) is 15.0 Å². The van der Waals surface area contributed by atoms with Crippen LogP contribution >= 0.6 is 0 Å². The predicted octanol–water partition coefficient (Wildman–Crippen LogP) is 12.7. The average molecular weight is 716 g/mol. The molecule has 11 rings (SSSR count). The van der Waals surface area contributed by atoms with Crippen LogP contribution in [0.5, 0.6) is 0 Å². The minimum Gasteiger partial charge on any atom is -0.208 e. The van der Waals surface area contributed by atoms with Gasteiger partial charge in [-0.25, -0.2) is 15.0 Å². The van der Waals surface area contributed by atoms with Crippen LogP contribution < -0.4 is 0 Å². The molecular formula is C53H37N3. The first-order chi connectivity index (χ1) is 27.5. The highest BCUT2D eigenvalue weighted by Crippen LogP contribution is 2.57. The number of nitrogens with zero attached hydrogens (tertiary/aromatic N) is 3. The first kappa shape index (κ1) is 32.5. The Balaban J connectivity index is 1.14. The molecule has 56 heavy (non-hydrogen) atoms. The van der Waals surface area contributed by atoms with Gasteiger partial charge in [0.2, 0.25) is 0 Å². The predicted molar refractivity (Wildman–Crippen MR) is 229 cm³/mol. The van der Waals surface area contributed by atoms with Crippen LogP contribution in [0.3, 0.4) is 0 Å². The molecule has 0 saturated heterocycles. The van der Waals surface area contributed by atoms with E-state index in [1.807, 2.05) is 18.2 Å². The molecule has 2 aliphatic carbocycles. The fraction of sp³-hybridized carbons (Fsp3) is 0.0755. The molecule has 0 amide bonds. The molecule has 264 valence electrons. The van der Waals surface area contributed by atoms with Crippen molar-refractivity contribution in [1.82, 2.24) is 15.0 Å². The van der Waals surface area contributed by atoms with Crippen LogP contribution in [0.25, 0.3) is 67.2 Å². The summed E-state index contributed by atoms with van der Waals surface area (Å²) in [6.45, 7) is 4.62. The Kier molecular flexibility index (Phi) is 7.11. The van der Waals surface area contributed by atoms with Crippen molar-refractivity contribution in [2.24, 2.45) is 0 Å². The molecule has 0 fully saturated rings. The fourth-order valence-electron chi connectivity index (χ4n) is 9.51. The van der Waals surface area contributed by atoms with Crippen LogP contribution in [-0.2, 0) is 10.8 Å². The molecule has 0 bridgehead atoms. The Labute approximate surface area is 327 Å². The van der Waals surface area contributed by atoms with E-state index >= 15 is 0 Å². The van der Waals surface area contributed by atoms with Gasteiger partial charge in [0.05, 0.1) is 5.41 Å². The molecule has 8 aromatic carbocycles. The minimum atomic E-state index is -0.510. The van der Waals surface area contributed by atoms with Crippen molar-refractivity contribution < 1.29 is 0 Å². The third-order valence-corrected chi connectivity index (χ3v) is 12.2. The fourth-order valence-corrected chi connectivity index (χ4v) is 9.51. The highest BCUT2D eigenvalue weighted by Gasteiger charge is 2.46. The minimum absolute atomic E-state index is 0.137. The zero-order chi connectivity index (χ0) is 37.4. The molecule has 3 heteroatoms. The van der Waals surface area contributed by atoms with Crippen LogP contribution in [0.1, 0.15) is 47.2 Å². The molecule has 0 N–H and O–H groups in total. The third kappa shape index (κ3) is 4.74. The van der Waals surface area contributed by atoms with Gasteiger partial charge >= 0.3 is 0 Å². The Hall–Kier alpha value is -6.97. The summed E-state index contributed by atoms with van der Waals surface area (Å²) in [5.74, 6) is 1.97. The van der Waals surface area contributed by atoms with Crippen molar-refractivity contribution in [3.8, 4) is 56.4 Å². The van der Waals surface area contributed by atoms with Crippen molar-refractivity contribution in [3.05, 3.63) is 221 Å². The van der Waals surface area contributed by atoms with E-state index in [-0.39, 0.29) is 5.41 Å². The number of hydrogen-bond donors (Lipinski definition) is 0. The van der Waals surface area contributed by atoms with Gasteiger partial charge in [-0.2, -0.15) is 0 Å². The Bertz CT molecular complexity index is 2950. The van der Waals surface area contributed by atoms with Gasteiger partial charge in [0.1, 0.15) is 0 Å². The second-order valence-electron chi connectivity index (χ2n) is 15.6. The summed E-state index contributed by atoms with van der Waals surface area (Å²) in [6, 6.07) is 67.9. The largest absolute Gasteiger partial charge is 0.208 e. The van der Waals surface area contributed by atoms with E-state index in [9.17, 15) is 0 Å². The van der Waals surface area contributed by atoms with E-state index < -0.39 is 5.41 Å². The monoisotopic (exact) mass is 715 g/mol. The molecule has 1 heterocycles. The van der Waals surface area contributed by atoms with E-state index in [1.165, 1.54) is 66.4 Å². The van der Waals surface area contributed by atoms with Gasteiger partial charge in [0.15, 0.2) is 17.5 Å². The summed E-state index contributed by atoms with van der Waals surface area (Å²) in [6.07, 6.45) is 0. The number of hydrogen-bond acceptors (Lipinski definition) is 3. The second kappa shape index (κ2) is 12.3. The van der Waals surface area contributed by atoms with Crippen LogP contribution in [0.4, 0.5) is 0 Å². The van der Waals surface area contributed by atoms with Gasteiger partial charge in [0, 0.05) is 22.1 Å². The lowest BCUT2D eigenvalue weighted by atomic mass is 9.67. The van der Waals surface area contributed by atoms with E-state index in [2.05, 4.69) is 184 Å². The van der Waals surface area contributed by atoms with Gasteiger partial charge < -0.3 is 0 Å². The summed E-state index contributed by atoms with van der Waals surface area (Å²) in [5, 5.41) is 2.45. The van der Waals surface area contributed by atoms with Gasteiger partial charge in [-0.05, 0) is 90.7 Å². The van der Waals surface area contributed by atoms with E-state index in [0.717, 1.165) is 16.7 Å². The van der Waals surface area contributed by atoms with Crippen LogP contribution in [0, 0.1) is 0 Å². The topological polar surface area (TPSA) is 38.7 Å². The highest BCUT2D eigenvalue weighted by atomic mass is 15.0. The van der Waals surface area contributed by atoms with Crippen molar-refractivity contribution in [3.63, 3.8) is 0 Å².